The van der Waals surface area contributed by atoms with Gasteiger partial charge in [-0.1, -0.05) is 40.9 Å². The van der Waals surface area contributed by atoms with Crippen LogP contribution in [0.1, 0.15) is 15.9 Å². The summed E-state index contributed by atoms with van der Waals surface area (Å²) < 4.78 is 0. The van der Waals surface area contributed by atoms with E-state index < -0.39 is 0 Å². The van der Waals surface area contributed by atoms with Gasteiger partial charge in [0.15, 0.2) is 0 Å². The van der Waals surface area contributed by atoms with Gasteiger partial charge in [0.25, 0.3) is 5.91 Å². The Bertz CT molecular complexity index is 639. The molecule has 0 atom stereocenters. The number of rotatable bonds is 3. The van der Waals surface area contributed by atoms with Crippen molar-refractivity contribution < 1.29 is 4.79 Å². The first-order valence-electron chi connectivity index (χ1n) is 5.85. The van der Waals surface area contributed by atoms with Crippen LogP contribution in [0.25, 0.3) is 0 Å². The molecule has 0 radical (unpaired) electrons. The molecule has 6 heteroatoms. The van der Waals surface area contributed by atoms with Crippen LogP contribution in [0.3, 0.4) is 0 Å². The Morgan fingerprint density at radius 1 is 1.15 bits per heavy atom. The molecule has 0 fully saturated rings. The molecule has 0 heterocycles. The number of carbonyl (C=O) groups excluding carboxylic acids is 1. The molecule has 104 valence electrons. The van der Waals surface area contributed by atoms with Crippen LogP contribution in [0.2, 0.25) is 10.0 Å². The highest BCUT2D eigenvalue weighted by Crippen LogP contribution is 2.30. The predicted octanol–water partition coefficient (Wildman–Crippen LogP) is 3.84. The highest BCUT2D eigenvalue weighted by molar-refractivity contribution is 6.40. The number of nitrogens with two attached hydrogens (primary N) is 1. The SMILES string of the molecule is Cc1ccc(NN)c(C(=O)Nc2c(Cl)cccc2Cl)c1. The molecule has 2 aromatic rings. The van der Waals surface area contributed by atoms with Crippen LogP contribution in [0.15, 0.2) is 36.4 Å². The lowest BCUT2D eigenvalue weighted by molar-refractivity contribution is 0.102. The third-order valence-corrected chi connectivity index (χ3v) is 3.41. The van der Waals surface area contributed by atoms with E-state index in [0.29, 0.717) is 27.0 Å². The highest BCUT2D eigenvalue weighted by atomic mass is 35.5. The summed E-state index contributed by atoms with van der Waals surface area (Å²) in [6, 6.07) is 10.3. The van der Waals surface area contributed by atoms with Crippen LogP contribution in [0.4, 0.5) is 11.4 Å². The van der Waals surface area contributed by atoms with Crippen molar-refractivity contribution in [1.82, 2.24) is 0 Å². The Kier molecular flexibility index (Phi) is 4.49. The average molecular weight is 310 g/mol. The first kappa shape index (κ1) is 14.7. The third-order valence-electron chi connectivity index (χ3n) is 2.78. The van der Waals surface area contributed by atoms with Gasteiger partial charge in [0.2, 0.25) is 0 Å². The second-order valence-corrected chi connectivity index (χ2v) is 5.06. The van der Waals surface area contributed by atoms with E-state index in [2.05, 4.69) is 10.7 Å². The number of aryl methyl sites for hydroxylation is 1. The zero-order valence-corrected chi connectivity index (χ0v) is 12.2. The lowest BCUT2D eigenvalue weighted by atomic mass is 10.1. The summed E-state index contributed by atoms with van der Waals surface area (Å²) in [5.74, 6) is 5.07. The maximum Gasteiger partial charge on any atom is 0.257 e. The van der Waals surface area contributed by atoms with Gasteiger partial charge in [0.05, 0.1) is 27.0 Å². The standard InChI is InChI=1S/C14H13Cl2N3O/c1-8-5-6-12(19-17)9(7-8)14(20)18-13-10(15)3-2-4-11(13)16/h2-7,19H,17H2,1H3,(H,18,20). The molecule has 0 aliphatic rings. The number of hydrogen-bond acceptors (Lipinski definition) is 3. The van der Waals surface area contributed by atoms with Gasteiger partial charge in [0, 0.05) is 0 Å². The van der Waals surface area contributed by atoms with Crippen LogP contribution < -0.4 is 16.6 Å². The van der Waals surface area contributed by atoms with E-state index in [0.717, 1.165) is 5.56 Å². The van der Waals surface area contributed by atoms with E-state index >= 15 is 0 Å². The van der Waals surface area contributed by atoms with Gasteiger partial charge >= 0.3 is 0 Å². The summed E-state index contributed by atoms with van der Waals surface area (Å²) in [5.41, 5.74) is 4.76. The van der Waals surface area contributed by atoms with Crippen molar-refractivity contribution in [3.63, 3.8) is 0 Å². The molecule has 0 aliphatic carbocycles. The maximum absolute atomic E-state index is 12.3. The first-order chi connectivity index (χ1) is 9.52. The van der Waals surface area contributed by atoms with E-state index in [4.69, 9.17) is 29.0 Å². The number of hydrazine groups is 1. The quantitative estimate of drug-likeness (QED) is 0.596. The molecule has 0 bridgehead atoms. The van der Waals surface area contributed by atoms with Gasteiger partial charge in [-0.05, 0) is 31.2 Å². The summed E-state index contributed by atoms with van der Waals surface area (Å²) in [6.07, 6.45) is 0. The molecule has 0 unspecified atom stereocenters. The molecule has 4 N–H and O–H groups in total. The molecule has 1 amide bonds. The van der Waals surface area contributed by atoms with Crippen LogP contribution in [0, 0.1) is 6.92 Å². The molecule has 0 aromatic heterocycles. The second kappa shape index (κ2) is 6.13. The molecular formula is C14H13Cl2N3O. The number of benzene rings is 2. The molecule has 0 aliphatic heterocycles. The molecule has 0 saturated heterocycles. The highest BCUT2D eigenvalue weighted by Gasteiger charge is 2.14. The zero-order chi connectivity index (χ0) is 14.7. The van der Waals surface area contributed by atoms with E-state index in [1.54, 1.807) is 30.3 Å². The van der Waals surface area contributed by atoms with Gasteiger partial charge in [0.1, 0.15) is 0 Å². The molecule has 20 heavy (non-hydrogen) atoms. The van der Waals surface area contributed by atoms with Crippen LogP contribution >= 0.6 is 23.2 Å². The van der Waals surface area contributed by atoms with E-state index in [9.17, 15) is 4.79 Å². The molecule has 0 saturated carbocycles. The second-order valence-electron chi connectivity index (χ2n) is 4.24. The molecule has 2 rings (SSSR count). The van der Waals surface area contributed by atoms with Crippen LogP contribution in [-0.2, 0) is 0 Å². The van der Waals surface area contributed by atoms with Gasteiger partial charge in [-0.2, -0.15) is 0 Å². The molecule has 4 nitrogen and oxygen atoms in total. The van der Waals surface area contributed by atoms with Crippen molar-refractivity contribution in [2.75, 3.05) is 10.7 Å². The minimum atomic E-state index is -0.336. The first-order valence-corrected chi connectivity index (χ1v) is 6.61. The van der Waals surface area contributed by atoms with Gasteiger partial charge < -0.3 is 10.7 Å². The lowest BCUT2D eigenvalue weighted by Crippen LogP contribution is -2.17. The summed E-state index contributed by atoms with van der Waals surface area (Å²) in [6.45, 7) is 1.89. The van der Waals surface area contributed by atoms with E-state index in [1.165, 1.54) is 0 Å². The number of nitrogens with one attached hydrogen (secondary N) is 2. The minimum Gasteiger partial charge on any atom is -0.323 e. The Balaban J connectivity index is 2.35. The van der Waals surface area contributed by atoms with Crippen LogP contribution in [0.5, 0.6) is 0 Å². The number of amides is 1. The smallest absolute Gasteiger partial charge is 0.257 e. The normalized spacial score (nSPS) is 10.2. The summed E-state index contributed by atoms with van der Waals surface area (Å²) in [4.78, 5) is 12.3. The van der Waals surface area contributed by atoms with E-state index in [1.807, 2.05) is 13.0 Å². The fourth-order valence-corrected chi connectivity index (χ4v) is 2.26. The van der Waals surface area contributed by atoms with Crippen molar-refractivity contribution in [3.8, 4) is 0 Å². The average Bonchev–Trinajstić information content (AvgIpc) is 2.43. The van der Waals surface area contributed by atoms with Crippen molar-refractivity contribution >= 4 is 40.5 Å². The number of hydrogen-bond donors (Lipinski definition) is 3. The number of halogens is 2. The fraction of sp³-hybridized carbons (Fsp3) is 0.0714. The number of nitrogen functional groups attached to an aromatic ring is 1. The van der Waals surface area contributed by atoms with Crippen molar-refractivity contribution in [2.24, 2.45) is 5.84 Å². The van der Waals surface area contributed by atoms with Gasteiger partial charge in [-0.15, -0.1) is 0 Å². The van der Waals surface area contributed by atoms with Crippen LogP contribution in [-0.4, -0.2) is 5.91 Å². The van der Waals surface area contributed by atoms with Crippen molar-refractivity contribution in [1.29, 1.82) is 0 Å². The summed E-state index contributed by atoms with van der Waals surface area (Å²) in [5, 5.41) is 3.45. The molecule has 2 aromatic carbocycles. The Morgan fingerprint density at radius 2 is 1.80 bits per heavy atom. The fourth-order valence-electron chi connectivity index (χ4n) is 1.77. The summed E-state index contributed by atoms with van der Waals surface area (Å²) >= 11 is 12.1. The Morgan fingerprint density at radius 3 is 2.40 bits per heavy atom. The summed E-state index contributed by atoms with van der Waals surface area (Å²) in [7, 11) is 0. The molecular weight excluding hydrogens is 297 g/mol. The monoisotopic (exact) mass is 309 g/mol. The van der Waals surface area contributed by atoms with E-state index in [-0.39, 0.29) is 5.91 Å². The Labute approximate surface area is 126 Å². The van der Waals surface area contributed by atoms with Crippen molar-refractivity contribution in [3.05, 3.63) is 57.6 Å². The van der Waals surface area contributed by atoms with Crippen molar-refractivity contribution in [2.45, 2.75) is 6.92 Å². The third kappa shape index (κ3) is 3.04. The van der Waals surface area contributed by atoms with Gasteiger partial charge in [-0.3, -0.25) is 10.6 Å². The minimum absolute atomic E-state index is 0.336. The maximum atomic E-state index is 12.3. The lowest BCUT2D eigenvalue weighted by Gasteiger charge is -2.12. The molecule has 0 spiro atoms. The predicted molar refractivity (Wildman–Crippen MR) is 83.4 cm³/mol. The topological polar surface area (TPSA) is 67.1 Å². The number of para-hydroxylation sites is 1. The Hall–Kier alpha value is -1.75. The number of anilines is 2. The zero-order valence-electron chi connectivity index (χ0n) is 10.7. The largest absolute Gasteiger partial charge is 0.323 e. The van der Waals surface area contributed by atoms with Gasteiger partial charge in [-0.25, -0.2) is 0 Å². The number of carbonyl (C=O) groups is 1.